The topological polar surface area (TPSA) is 41.6 Å². The maximum absolute atomic E-state index is 12.0. The third-order valence-corrected chi connectivity index (χ3v) is 4.75. The van der Waals surface area contributed by atoms with E-state index < -0.39 is 5.60 Å². The van der Waals surface area contributed by atoms with Crippen molar-refractivity contribution in [2.45, 2.75) is 39.0 Å². The summed E-state index contributed by atoms with van der Waals surface area (Å²) < 4.78 is 5.42. The van der Waals surface area contributed by atoms with Gasteiger partial charge >= 0.3 is 6.09 Å². The lowest BCUT2D eigenvalue weighted by Crippen LogP contribution is -2.39. The summed E-state index contributed by atoms with van der Waals surface area (Å²) in [6.45, 7) is 7.96. The van der Waals surface area contributed by atoms with Gasteiger partial charge in [-0.1, -0.05) is 23.2 Å². The molecule has 2 atom stereocenters. The van der Waals surface area contributed by atoms with Crippen molar-refractivity contribution in [3.8, 4) is 0 Å². The lowest BCUT2D eigenvalue weighted by molar-refractivity contribution is 0.0269. The summed E-state index contributed by atoms with van der Waals surface area (Å²) in [5, 5.41) is 4.85. The highest BCUT2D eigenvalue weighted by atomic mass is 35.5. The minimum absolute atomic E-state index is 0.204. The van der Waals surface area contributed by atoms with Crippen molar-refractivity contribution in [1.29, 1.82) is 0 Å². The Bertz CT molecular complexity index is 583. The zero-order valence-corrected chi connectivity index (χ0v) is 15.1. The molecule has 0 bridgehead atoms. The molecule has 4 nitrogen and oxygen atoms in total. The number of nitrogens with one attached hydrogen (secondary N) is 1. The molecule has 1 aromatic rings. The fourth-order valence-electron chi connectivity index (χ4n) is 3.25. The molecule has 0 radical (unpaired) electrons. The minimum Gasteiger partial charge on any atom is -0.444 e. The third-order valence-electron chi connectivity index (χ3n) is 4.31. The zero-order chi connectivity index (χ0) is 16.8. The van der Waals surface area contributed by atoms with Gasteiger partial charge < -0.3 is 15.0 Å². The molecule has 1 heterocycles. The highest BCUT2D eigenvalue weighted by Gasteiger charge is 2.56. The van der Waals surface area contributed by atoms with Crippen LogP contribution < -0.4 is 5.32 Å². The Balaban J connectivity index is 1.46. The number of halogens is 2. The number of ether oxygens (including phenoxy) is 1. The van der Waals surface area contributed by atoms with Crippen molar-refractivity contribution in [2.24, 2.45) is 11.8 Å². The maximum Gasteiger partial charge on any atom is 0.410 e. The van der Waals surface area contributed by atoms with E-state index in [0.717, 1.165) is 25.2 Å². The number of amides is 1. The van der Waals surface area contributed by atoms with E-state index in [1.54, 1.807) is 6.07 Å². The number of hydrogen-bond acceptors (Lipinski definition) is 3. The number of benzene rings is 1. The van der Waals surface area contributed by atoms with Gasteiger partial charge in [0.2, 0.25) is 0 Å². The molecule has 1 aromatic carbocycles. The van der Waals surface area contributed by atoms with Crippen LogP contribution in [0.25, 0.3) is 0 Å². The average molecular weight is 357 g/mol. The van der Waals surface area contributed by atoms with Gasteiger partial charge in [0.15, 0.2) is 0 Å². The molecule has 1 aliphatic carbocycles. The summed E-state index contributed by atoms with van der Waals surface area (Å²) in [7, 11) is 0. The summed E-state index contributed by atoms with van der Waals surface area (Å²) in [6, 6.07) is 6.04. The fraction of sp³-hybridized carbons (Fsp3) is 0.588. The van der Waals surface area contributed by atoms with E-state index in [-0.39, 0.29) is 6.09 Å². The van der Waals surface area contributed by atoms with Crippen molar-refractivity contribution in [3.05, 3.63) is 33.8 Å². The van der Waals surface area contributed by atoms with Crippen LogP contribution >= 0.6 is 23.2 Å². The van der Waals surface area contributed by atoms with Crippen LogP contribution in [-0.2, 0) is 11.3 Å². The molecule has 1 saturated carbocycles. The molecule has 23 heavy (non-hydrogen) atoms. The molecule has 2 fully saturated rings. The first-order valence-electron chi connectivity index (χ1n) is 7.89. The second kappa shape index (κ2) is 6.15. The van der Waals surface area contributed by atoms with E-state index in [1.807, 2.05) is 37.8 Å². The molecule has 1 amide bonds. The van der Waals surface area contributed by atoms with Gasteiger partial charge in [0.05, 0.1) is 0 Å². The molecule has 2 aliphatic rings. The Morgan fingerprint density at radius 2 is 1.78 bits per heavy atom. The quantitative estimate of drug-likeness (QED) is 0.891. The summed E-state index contributed by atoms with van der Waals surface area (Å²) in [5.41, 5.74) is 0.643. The zero-order valence-electron chi connectivity index (χ0n) is 13.6. The van der Waals surface area contributed by atoms with E-state index in [9.17, 15) is 4.79 Å². The van der Waals surface area contributed by atoms with E-state index in [4.69, 9.17) is 27.9 Å². The van der Waals surface area contributed by atoms with Crippen molar-refractivity contribution < 1.29 is 9.53 Å². The van der Waals surface area contributed by atoms with Crippen LogP contribution in [-0.4, -0.2) is 35.7 Å². The number of carbonyl (C=O) groups is 1. The molecule has 1 aliphatic heterocycles. The molecule has 0 aromatic heterocycles. The SMILES string of the molecule is CC(C)(C)OC(=O)N1CC2C(C1)C2NCc1cc(Cl)cc(Cl)c1. The lowest BCUT2D eigenvalue weighted by atomic mass is 10.2. The Hall–Kier alpha value is -0.970. The van der Waals surface area contributed by atoms with Crippen molar-refractivity contribution in [1.82, 2.24) is 10.2 Å². The van der Waals surface area contributed by atoms with Crippen molar-refractivity contribution >= 4 is 29.3 Å². The second-order valence-electron chi connectivity index (χ2n) is 7.40. The monoisotopic (exact) mass is 356 g/mol. The number of piperidine rings is 1. The van der Waals surface area contributed by atoms with Crippen LogP contribution in [0.2, 0.25) is 10.0 Å². The first-order chi connectivity index (χ1) is 10.7. The summed E-state index contributed by atoms with van der Waals surface area (Å²) >= 11 is 12.0. The van der Waals surface area contributed by atoms with Crippen LogP contribution in [0, 0.1) is 11.8 Å². The largest absolute Gasteiger partial charge is 0.444 e. The summed E-state index contributed by atoms with van der Waals surface area (Å²) in [5.74, 6) is 1.05. The van der Waals surface area contributed by atoms with Crippen LogP contribution in [0.1, 0.15) is 26.3 Å². The van der Waals surface area contributed by atoms with Crippen molar-refractivity contribution in [3.63, 3.8) is 0 Å². The van der Waals surface area contributed by atoms with E-state index >= 15 is 0 Å². The van der Waals surface area contributed by atoms with Gasteiger partial charge in [-0.2, -0.15) is 0 Å². The lowest BCUT2D eigenvalue weighted by Gasteiger charge is -2.26. The Kier molecular flexibility index (Phi) is 4.51. The molecular weight excluding hydrogens is 335 g/mol. The number of rotatable bonds is 3. The molecule has 1 saturated heterocycles. The number of nitrogens with zero attached hydrogens (tertiary/aromatic N) is 1. The normalized spacial score (nSPS) is 26.1. The minimum atomic E-state index is -0.437. The van der Waals surface area contributed by atoms with Gasteiger partial charge in [-0.3, -0.25) is 0 Å². The van der Waals surface area contributed by atoms with Gasteiger partial charge in [-0.15, -0.1) is 0 Å². The first kappa shape index (κ1) is 16.9. The van der Waals surface area contributed by atoms with Crippen LogP contribution in [0.15, 0.2) is 18.2 Å². The van der Waals surface area contributed by atoms with Crippen LogP contribution in [0.3, 0.4) is 0 Å². The number of hydrogen-bond donors (Lipinski definition) is 1. The first-order valence-corrected chi connectivity index (χ1v) is 8.65. The maximum atomic E-state index is 12.0. The molecule has 1 N–H and O–H groups in total. The molecular formula is C17H22Cl2N2O2. The average Bonchev–Trinajstić information content (AvgIpc) is 2.85. The molecule has 6 heteroatoms. The predicted octanol–water partition coefficient (Wildman–Crippen LogP) is 3.95. The summed E-state index contributed by atoms with van der Waals surface area (Å²) in [6.07, 6.45) is -0.204. The molecule has 3 rings (SSSR count). The smallest absolute Gasteiger partial charge is 0.410 e. The molecule has 2 unspecified atom stereocenters. The highest BCUT2D eigenvalue weighted by molar-refractivity contribution is 6.34. The fourth-order valence-corrected chi connectivity index (χ4v) is 3.82. The molecule has 126 valence electrons. The Morgan fingerprint density at radius 1 is 1.22 bits per heavy atom. The van der Waals surface area contributed by atoms with Gasteiger partial charge in [0.25, 0.3) is 0 Å². The summed E-state index contributed by atoms with van der Waals surface area (Å²) in [4.78, 5) is 13.9. The van der Waals surface area contributed by atoms with Gasteiger partial charge in [0.1, 0.15) is 5.60 Å². The number of fused-ring (bicyclic) bond motifs is 1. The Labute approximate surface area is 147 Å². The number of likely N-dealkylation sites (tertiary alicyclic amines) is 1. The second-order valence-corrected chi connectivity index (χ2v) is 8.27. The highest BCUT2D eigenvalue weighted by Crippen LogP contribution is 2.46. The van der Waals surface area contributed by atoms with Gasteiger partial charge in [-0.25, -0.2) is 4.79 Å². The van der Waals surface area contributed by atoms with Gasteiger partial charge in [0, 0.05) is 35.7 Å². The van der Waals surface area contributed by atoms with Crippen molar-refractivity contribution in [2.75, 3.05) is 13.1 Å². The van der Waals surface area contributed by atoms with Gasteiger partial charge in [-0.05, 0) is 56.4 Å². The third kappa shape index (κ3) is 4.11. The van der Waals surface area contributed by atoms with Crippen LogP contribution in [0.5, 0.6) is 0 Å². The van der Waals surface area contributed by atoms with Crippen LogP contribution in [0.4, 0.5) is 4.79 Å². The van der Waals surface area contributed by atoms with E-state index in [1.165, 1.54) is 0 Å². The predicted molar refractivity (Wildman–Crippen MR) is 91.9 cm³/mol. The Morgan fingerprint density at radius 3 is 2.30 bits per heavy atom. The van der Waals surface area contributed by atoms with E-state index in [2.05, 4.69) is 5.32 Å². The standard InChI is InChI=1S/C17H22Cl2N2O2/c1-17(2,3)23-16(22)21-8-13-14(9-21)15(13)20-7-10-4-11(18)6-12(19)5-10/h4-6,13-15,20H,7-9H2,1-3H3. The number of carbonyl (C=O) groups excluding carboxylic acids is 1. The van der Waals surface area contributed by atoms with E-state index in [0.29, 0.717) is 27.9 Å². The molecule has 0 spiro atoms.